The molecule has 2 aliphatic rings. The third-order valence-electron chi connectivity index (χ3n) is 6.63. The summed E-state index contributed by atoms with van der Waals surface area (Å²) in [7, 11) is 1.96. The van der Waals surface area contributed by atoms with E-state index in [-0.39, 0.29) is 17.9 Å². The molecular weight excluding hydrogens is 388 g/mol. The number of nitrogens with one attached hydrogen (secondary N) is 1. The number of pyridine rings is 1. The summed E-state index contributed by atoms with van der Waals surface area (Å²) in [6.45, 7) is 0. The summed E-state index contributed by atoms with van der Waals surface area (Å²) in [6, 6.07) is 14.0. The van der Waals surface area contributed by atoms with Gasteiger partial charge in [-0.3, -0.25) is 14.9 Å². The number of amides is 2. The highest BCUT2D eigenvalue weighted by Crippen LogP contribution is 2.41. The highest BCUT2D eigenvalue weighted by Gasteiger charge is 2.37. The minimum absolute atomic E-state index is 0.101. The number of carbonyl (C=O) groups excluding carboxylic acids is 2. The van der Waals surface area contributed by atoms with Crippen LogP contribution in [0.15, 0.2) is 54.9 Å². The first-order valence-electron chi connectivity index (χ1n) is 10.6. The lowest BCUT2D eigenvalue weighted by molar-refractivity contribution is -0.122. The zero-order chi connectivity index (χ0) is 21.3. The summed E-state index contributed by atoms with van der Waals surface area (Å²) < 4.78 is 4.13. The Bertz CT molecular complexity index is 1450. The van der Waals surface area contributed by atoms with E-state index in [1.165, 1.54) is 0 Å². The highest BCUT2D eigenvalue weighted by atomic mass is 16.2. The topological polar surface area (TPSA) is 81.5 Å². The van der Waals surface area contributed by atoms with Crippen LogP contribution in [0.5, 0.6) is 0 Å². The number of carbonyl (C=O) groups is 2. The minimum atomic E-state index is -0.340. The number of para-hydroxylation sites is 1. The van der Waals surface area contributed by atoms with Gasteiger partial charge in [0.15, 0.2) is 0 Å². The summed E-state index contributed by atoms with van der Waals surface area (Å²) in [5, 5.41) is 3.52. The van der Waals surface area contributed by atoms with Crippen molar-refractivity contribution in [2.45, 2.75) is 25.3 Å². The van der Waals surface area contributed by atoms with Crippen molar-refractivity contribution in [2.75, 3.05) is 0 Å². The number of hydrogen-bond acceptors (Lipinski definition) is 3. The molecule has 154 valence electrons. The number of fused-ring (bicyclic) bond motifs is 4. The molecule has 1 aromatic carbocycles. The monoisotopic (exact) mass is 410 g/mol. The molecule has 4 heterocycles. The molecule has 3 N–H and O–H groups in total. The molecule has 0 spiro atoms. The molecule has 1 aliphatic heterocycles. The fraction of sp³-hybridized carbons (Fsp3) is 0.200. The van der Waals surface area contributed by atoms with Crippen LogP contribution in [0.25, 0.3) is 27.6 Å². The first-order chi connectivity index (χ1) is 15.0. The molecule has 4 aromatic rings. The van der Waals surface area contributed by atoms with Crippen molar-refractivity contribution < 1.29 is 9.59 Å². The zero-order valence-electron chi connectivity index (χ0n) is 17.2. The van der Waals surface area contributed by atoms with Crippen LogP contribution in [0.3, 0.4) is 0 Å². The van der Waals surface area contributed by atoms with Crippen LogP contribution in [-0.2, 0) is 29.5 Å². The van der Waals surface area contributed by atoms with Gasteiger partial charge in [0, 0.05) is 59.6 Å². The van der Waals surface area contributed by atoms with Crippen LogP contribution in [0, 0.1) is 0 Å². The van der Waals surface area contributed by atoms with Crippen molar-refractivity contribution in [1.29, 1.82) is 0 Å². The van der Waals surface area contributed by atoms with E-state index < -0.39 is 0 Å². The van der Waals surface area contributed by atoms with Gasteiger partial charge in [-0.1, -0.05) is 24.3 Å². The van der Waals surface area contributed by atoms with E-state index in [4.69, 9.17) is 5.73 Å². The number of aromatic nitrogens is 2. The summed E-state index contributed by atoms with van der Waals surface area (Å²) in [5.74, 6) is -0.671. The zero-order valence-corrected chi connectivity index (χ0v) is 17.2. The predicted octanol–water partition coefficient (Wildman–Crippen LogP) is 2.81. The van der Waals surface area contributed by atoms with Gasteiger partial charge >= 0.3 is 0 Å². The van der Waals surface area contributed by atoms with Gasteiger partial charge in [-0.05, 0) is 36.6 Å². The van der Waals surface area contributed by atoms with Crippen LogP contribution >= 0.6 is 0 Å². The third-order valence-corrected chi connectivity index (χ3v) is 6.63. The van der Waals surface area contributed by atoms with E-state index in [1.54, 1.807) is 0 Å². The second-order valence-corrected chi connectivity index (χ2v) is 8.46. The molecule has 6 heteroatoms. The third kappa shape index (κ3) is 2.48. The molecule has 1 aliphatic carbocycles. The Labute approximate surface area is 179 Å². The molecule has 0 fully saturated rings. The normalized spacial score (nSPS) is 18.8. The summed E-state index contributed by atoms with van der Waals surface area (Å²) in [6.07, 6.45) is 6.37. The van der Waals surface area contributed by atoms with E-state index in [0.717, 1.165) is 58.1 Å². The number of nitrogens with zero attached hydrogens (tertiary/aromatic N) is 2. The molecule has 1 unspecified atom stereocenters. The maximum atomic E-state index is 13.2. The number of rotatable bonds is 2. The maximum absolute atomic E-state index is 13.2. The molecule has 2 amide bonds. The Kier molecular flexibility index (Phi) is 3.76. The summed E-state index contributed by atoms with van der Waals surface area (Å²) in [4.78, 5) is 26.2. The second-order valence-electron chi connectivity index (χ2n) is 8.46. The SMILES string of the molecule is Cn1cc(C2=C(c3c4c(n5ccccc35)CC(N)CC4)C(=O)NC2=O)c2ccccc21. The quantitative estimate of drug-likeness (QED) is 0.499. The summed E-state index contributed by atoms with van der Waals surface area (Å²) >= 11 is 0. The largest absolute Gasteiger partial charge is 0.350 e. The molecule has 1 atom stereocenters. The first kappa shape index (κ1) is 18.2. The second kappa shape index (κ2) is 6.43. The van der Waals surface area contributed by atoms with Crippen LogP contribution in [0.2, 0.25) is 0 Å². The Morgan fingerprint density at radius 1 is 1.00 bits per heavy atom. The van der Waals surface area contributed by atoms with Gasteiger partial charge in [-0.25, -0.2) is 0 Å². The van der Waals surface area contributed by atoms with Gasteiger partial charge in [-0.15, -0.1) is 0 Å². The van der Waals surface area contributed by atoms with Gasteiger partial charge in [0.25, 0.3) is 11.8 Å². The fourth-order valence-corrected chi connectivity index (χ4v) is 5.27. The molecule has 0 radical (unpaired) electrons. The van der Waals surface area contributed by atoms with Gasteiger partial charge < -0.3 is 14.7 Å². The first-order valence-corrected chi connectivity index (χ1v) is 10.6. The van der Waals surface area contributed by atoms with Crippen LogP contribution in [-0.4, -0.2) is 26.8 Å². The maximum Gasteiger partial charge on any atom is 0.259 e. The lowest BCUT2D eigenvalue weighted by Crippen LogP contribution is -2.28. The van der Waals surface area contributed by atoms with Crippen molar-refractivity contribution >= 4 is 39.4 Å². The number of aryl methyl sites for hydroxylation is 1. The van der Waals surface area contributed by atoms with E-state index in [2.05, 4.69) is 9.72 Å². The molecule has 0 saturated carbocycles. The van der Waals surface area contributed by atoms with E-state index in [0.29, 0.717) is 11.1 Å². The van der Waals surface area contributed by atoms with Crippen LogP contribution < -0.4 is 11.1 Å². The van der Waals surface area contributed by atoms with Crippen LogP contribution in [0.4, 0.5) is 0 Å². The fourth-order valence-electron chi connectivity index (χ4n) is 5.27. The average molecular weight is 410 g/mol. The van der Waals surface area contributed by atoms with Crippen molar-refractivity contribution in [3.8, 4) is 0 Å². The molecule has 6 rings (SSSR count). The number of benzene rings is 1. The van der Waals surface area contributed by atoms with Crippen LogP contribution in [0.1, 0.15) is 28.8 Å². The highest BCUT2D eigenvalue weighted by molar-refractivity contribution is 6.50. The number of nitrogens with two attached hydrogens (primary N) is 1. The van der Waals surface area contributed by atoms with Crippen molar-refractivity contribution in [3.63, 3.8) is 0 Å². The van der Waals surface area contributed by atoms with E-state index >= 15 is 0 Å². The summed E-state index contributed by atoms with van der Waals surface area (Å²) in [5.41, 5.74) is 13.1. The molecular formula is C25H22N4O2. The molecule has 31 heavy (non-hydrogen) atoms. The van der Waals surface area contributed by atoms with Crippen molar-refractivity contribution in [3.05, 3.63) is 77.2 Å². The lowest BCUT2D eigenvalue weighted by atomic mass is 9.87. The molecule has 3 aromatic heterocycles. The molecule has 0 bridgehead atoms. The van der Waals surface area contributed by atoms with Gasteiger partial charge in [0.1, 0.15) is 0 Å². The van der Waals surface area contributed by atoms with Crippen molar-refractivity contribution in [2.24, 2.45) is 12.8 Å². The molecule has 6 nitrogen and oxygen atoms in total. The Morgan fingerprint density at radius 2 is 1.74 bits per heavy atom. The minimum Gasteiger partial charge on any atom is -0.350 e. The van der Waals surface area contributed by atoms with E-state index in [1.807, 2.05) is 66.5 Å². The van der Waals surface area contributed by atoms with Gasteiger partial charge in [-0.2, -0.15) is 0 Å². The molecule has 0 saturated heterocycles. The van der Waals surface area contributed by atoms with E-state index in [9.17, 15) is 9.59 Å². The standard InChI is InChI=1S/C25H22N4O2/c1-28-13-17(15-6-2-3-7-18(15)28)22-23(25(31)27-24(22)30)21-16-10-9-14(26)12-20(16)29-11-5-4-8-19(21)29/h2-8,11,13-14H,9-10,12,26H2,1H3,(H,27,30,31). The number of hydrogen-bond donors (Lipinski definition) is 2. The Morgan fingerprint density at radius 3 is 2.61 bits per heavy atom. The smallest absolute Gasteiger partial charge is 0.259 e. The van der Waals surface area contributed by atoms with Gasteiger partial charge in [0.2, 0.25) is 0 Å². The number of imide groups is 1. The Hall–Kier alpha value is -3.64. The van der Waals surface area contributed by atoms with Crippen molar-refractivity contribution in [1.82, 2.24) is 14.3 Å². The lowest BCUT2D eigenvalue weighted by Gasteiger charge is -2.20. The Balaban J connectivity index is 1.72. The average Bonchev–Trinajstić information content (AvgIpc) is 3.37. The van der Waals surface area contributed by atoms with Gasteiger partial charge in [0.05, 0.1) is 16.7 Å². The predicted molar refractivity (Wildman–Crippen MR) is 120 cm³/mol.